The Kier molecular flexibility index (Phi) is 12.5. The first-order valence-electron chi connectivity index (χ1n) is 8.31. The predicted octanol–water partition coefficient (Wildman–Crippen LogP) is 4.88. The molecule has 0 aliphatic carbocycles. The second-order valence-electron chi connectivity index (χ2n) is 6.01. The van der Waals surface area contributed by atoms with Gasteiger partial charge in [0.2, 0.25) is 0 Å². The molecule has 0 aromatic rings. The van der Waals surface area contributed by atoms with Crippen molar-refractivity contribution in [3.63, 3.8) is 0 Å². The zero-order valence-corrected chi connectivity index (χ0v) is 13.1. The zero-order valence-electron chi connectivity index (χ0n) is 13.1. The molecule has 0 bridgehead atoms. The molecule has 0 aromatic heterocycles. The summed E-state index contributed by atoms with van der Waals surface area (Å²) in [7, 11) is 0. The van der Waals surface area contributed by atoms with Crippen molar-refractivity contribution in [2.45, 2.75) is 96.1 Å². The molecule has 2 heteroatoms. The van der Waals surface area contributed by atoms with Crippen molar-refractivity contribution in [1.82, 2.24) is 0 Å². The van der Waals surface area contributed by atoms with Crippen molar-refractivity contribution < 1.29 is 0 Å². The molecule has 0 aliphatic rings. The molecular formula is C17H36N2. The lowest BCUT2D eigenvalue weighted by Gasteiger charge is -2.22. The fraction of sp³-hybridized carbons (Fsp3) is 0.882. The van der Waals surface area contributed by atoms with Crippen molar-refractivity contribution in [2.24, 2.45) is 11.5 Å². The fourth-order valence-electron chi connectivity index (χ4n) is 2.49. The van der Waals surface area contributed by atoms with Gasteiger partial charge in [-0.1, -0.05) is 83.6 Å². The molecule has 0 rings (SSSR count). The van der Waals surface area contributed by atoms with E-state index in [1.807, 2.05) is 6.08 Å². The number of hydrogen-bond donors (Lipinski definition) is 2. The summed E-state index contributed by atoms with van der Waals surface area (Å²) < 4.78 is 0. The lowest BCUT2D eigenvalue weighted by molar-refractivity contribution is 0.389. The maximum atomic E-state index is 5.95. The van der Waals surface area contributed by atoms with Crippen molar-refractivity contribution in [2.75, 3.05) is 0 Å². The van der Waals surface area contributed by atoms with Gasteiger partial charge in [-0.05, 0) is 12.8 Å². The monoisotopic (exact) mass is 268 g/mol. The summed E-state index contributed by atoms with van der Waals surface area (Å²) in [5.41, 5.74) is 11.4. The first-order valence-corrected chi connectivity index (χ1v) is 8.31. The van der Waals surface area contributed by atoms with Gasteiger partial charge in [-0.15, -0.1) is 6.58 Å². The molecule has 0 fully saturated rings. The van der Waals surface area contributed by atoms with E-state index in [4.69, 9.17) is 11.5 Å². The minimum atomic E-state index is -0.527. The molecule has 0 aliphatic heterocycles. The molecule has 0 unspecified atom stereocenters. The first kappa shape index (κ1) is 18.7. The normalized spacial score (nSPS) is 11.7. The third-order valence-corrected chi connectivity index (χ3v) is 3.77. The Hall–Kier alpha value is -0.340. The molecule has 0 radical (unpaired) electrons. The maximum Gasteiger partial charge on any atom is 0.0671 e. The fourth-order valence-corrected chi connectivity index (χ4v) is 2.49. The first-order chi connectivity index (χ1) is 9.12. The van der Waals surface area contributed by atoms with Gasteiger partial charge in [-0.25, -0.2) is 0 Å². The highest BCUT2D eigenvalue weighted by atomic mass is 14.9. The topological polar surface area (TPSA) is 52.0 Å². The van der Waals surface area contributed by atoms with Crippen LogP contribution in [-0.2, 0) is 0 Å². The van der Waals surface area contributed by atoms with Crippen LogP contribution in [0.25, 0.3) is 0 Å². The van der Waals surface area contributed by atoms with E-state index in [-0.39, 0.29) is 0 Å². The molecule has 0 aromatic carbocycles. The van der Waals surface area contributed by atoms with Crippen LogP contribution in [0.3, 0.4) is 0 Å². The molecule has 0 atom stereocenters. The summed E-state index contributed by atoms with van der Waals surface area (Å²) >= 11 is 0. The van der Waals surface area contributed by atoms with Crippen LogP contribution >= 0.6 is 0 Å². The van der Waals surface area contributed by atoms with E-state index in [0.717, 1.165) is 12.8 Å². The molecule has 0 amide bonds. The van der Waals surface area contributed by atoms with E-state index in [1.165, 1.54) is 64.2 Å². The number of unbranched alkanes of at least 4 members (excludes halogenated alkanes) is 10. The van der Waals surface area contributed by atoms with Gasteiger partial charge in [0.05, 0.1) is 5.66 Å². The Balaban J connectivity index is 3.16. The quantitative estimate of drug-likeness (QED) is 0.268. The molecule has 2 nitrogen and oxygen atoms in total. The summed E-state index contributed by atoms with van der Waals surface area (Å²) in [4.78, 5) is 0. The van der Waals surface area contributed by atoms with Crippen LogP contribution in [0, 0.1) is 0 Å². The van der Waals surface area contributed by atoms with Gasteiger partial charge in [0.1, 0.15) is 0 Å². The van der Waals surface area contributed by atoms with Crippen LogP contribution in [0.15, 0.2) is 12.7 Å². The summed E-state index contributed by atoms with van der Waals surface area (Å²) in [6.45, 7) is 5.96. The van der Waals surface area contributed by atoms with E-state index in [2.05, 4.69) is 13.5 Å². The molecule has 0 spiro atoms. The van der Waals surface area contributed by atoms with Gasteiger partial charge >= 0.3 is 0 Å². The summed E-state index contributed by atoms with van der Waals surface area (Å²) in [5.74, 6) is 0. The standard InChI is InChI=1S/C17H36N2/c1-3-5-6-7-8-9-10-11-12-13-14-16-17(18,19)15-4-2/h4H,2-3,5-16,18-19H2,1H3. The second kappa shape index (κ2) is 12.7. The molecule has 0 saturated carbocycles. The maximum absolute atomic E-state index is 5.95. The number of rotatable bonds is 14. The SMILES string of the molecule is C=CCC(N)(N)CCCCCCCCCCCCC. The highest BCUT2D eigenvalue weighted by Gasteiger charge is 2.15. The second-order valence-corrected chi connectivity index (χ2v) is 6.01. The van der Waals surface area contributed by atoms with E-state index in [1.54, 1.807) is 0 Å². The molecule has 19 heavy (non-hydrogen) atoms. The van der Waals surface area contributed by atoms with E-state index < -0.39 is 5.66 Å². The van der Waals surface area contributed by atoms with Crippen molar-refractivity contribution in [3.8, 4) is 0 Å². The Bertz CT molecular complexity index is 199. The lowest BCUT2D eigenvalue weighted by Crippen LogP contribution is -2.48. The summed E-state index contributed by atoms with van der Waals surface area (Å²) in [6.07, 6.45) is 18.4. The predicted molar refractivity (Wildman–Crippen MR) is 87.0 cm³/mol. The van der Waals surface area contributed by atoms with Crippen LogP contribution in [0.1, 0.15) is 90.4 Å². The average molecular weight is 268 g/mol. The lowest BCUT2D eigenvalue weighted by atomic mass is 9.99. The van der Waals surface area contributed by atoms with Crippen LogP contribution in [-0.4, -0.2) is 5.66 Å². The smallest absolute Gasteiger partial charge is 0.0671 e. The Morgan fingerprint density at radius 1 is 0.789 bits per heavy atom. The number of nitrogens with two attached hydrogens (primary N) is 2. The van der Waals surface area contributed by atoms with Crippen molar-refractivity contribution in [3.05, 3.63) is 12.7 Å². The molecular weight excluding hydrogens is 232 g/mol. The van der Waals surface area contributed by atoms with E-state index in [9.17, 15) is 0 Å². The van der Waals surface area contributed by atoms with Gasteiger partial charge in [0, 0.05) is 0 Å². The summed E-state index contributed by atoms with van der Waals surface area (Å²) in [6, 6.07) is 0. The Labute approximate surface area is 121 Å². The average Bonchev–Trinajstić information content (AvgIpc) is 2.36. The van der Waals surface area contributed by atoms with E-state index >= 15 is 0 Å². The third kappa shape index (κ3) is 13.9. The van der Waals surface area contributed by atoms with Crippen molar-refractivity contribution in [1.29, 1.82) is 0 Å². The van der Waals surface area contributed by atoms with Crippen molar-refractivity contribution >= 4 is 0 Å². The Morgan fingerprint density at radius 2 is 1.21 bits per heavy atom. The molecule has 114 valence electrons. The van der Waals surface area contributed by atoms with Crippen LogP contribution in [0.2, 0.25) is 0 Å². The van der Waals surface area contributed by atoms with Gasteiger partial charge in [0.25, 0.3) is 0 Å². The van der Waals surface area contributed by atoms with Crippen LogP contribution in [0.5, 0.6) is 0 Å². The van der Waals surface area contributed by atoms with Crippen LogP contribution < -0.4 is 11.5 Å². The van der Waals surface area contributed by atoms with E-state index in [0.29, 0.717) is 6.42 Å². The largest absolute Gasteiger partial charge is 0.313 e. The molecule has 0 heterocycles. The van der Waals surface area contributed by atoms with Gasteiger partial charge in [0.15, 0.2) is 0 Å². The highest BCUT2D eigenvalue weighted by molar-refractivity contribution is 4.85. The van der Waals surface area contributed by atoms with Gasteiger partial charge in [-0.3, -0.25) is 0 Å². The number of hydrogen-bond acceptors (Lipinski definition) is 2. The Morgan fingerprint density at radius 3 is 1.63 bits per heavy atom. The molecule has 4 N–H and O–H groups in total. The summed E-state index contributed by atoms with van der Waals surface area (Å²) in [5, 5.41) is 0. The van der Waals surface area contributed by atoms with Gasteiger partial charge < -0.3 is 11.5 Å². The van der Waals surface area contributed by atoms with Gasteiger partial charge in [-0.2, -0.15) is 0 Å². The minimum absolute atomic E-state index is 0.527. The third-order valence-electron chi connectivity index (χ3n) is 3.77. The zero-order chi connectivity index (χ0) is 14.4. The molecule has 0 saturated heterocycles. The minimum Gasteiger partial charge on any atom is -0.313 e. The van der Waals surface area contributed by atoms with Crippen LogP contribution in [0.4, 0.5) is 0 Å². The highest BCUT2D eigenvalue weighted by Crippen LogP contribution is 2.14.